The van der Waals surface area contributed by atoms with Crippen molar-refractivity contribution >= 4 is 5.97 Å². The first-order chi connectivity index (χ1) is 7.45. The van der Waals surface area contributed by atoms with Gasteiger partial charge in [-0.2, -0.15) is 0 Å². The van der Waals surface area contributed by atoms with Crippen LogP contribution in [0.2, 0.25) is 0 Å². The molecule has 0 bridgehead atoms. The second-order valence-corrected chi connectivity index (χ2v) is 4.40. The average molecular weight is 233 g/mol. The van der Waals surface area contributed by atoms with Crippen molar-refractivity contribution in [3.05, 3.63) is 0 Å². The molecule has 0 saturated heterocycles. The summed E-state index contributed by atoms with van der Waals surface area (Å²) >= 11 is 0. The van der Waals surface area contributed by atoms with E-state index in [4.69, 9.17) is 9.84 Å². The number of carboxylic acids is 1. The van der Waals surface area contributed by atoms with Crippen molar-refractivity contribution in [2.45, 2.75) is 26.4 Å². The summed E-state index contributed by atoms with van der Waals surface area (Å²) in [6.07, 6.45) is -1.02. The van der Waals surface area contributed by atoms with Crippen molar-refractivity contribution in [1.29, 1.82) is 0 Å². The summed E-state index contributed by atoms with van der Waals surface area (Å²) in [5.74, 6) is -0.488. The van der Waals surface area contributed by atoms with Gasteiger partial charge in [0.2, 0.25) is 0 Å². The number of carboxylic acid groups (broad SMARTS) is 1. The quantitative estimate of drug-likeness (QED) is 0.604. The molecule has 2 N–H and O–H groups in total. The smallest absolute Gasteiger partial charge is 0.306 e. The minimum absolute atomic E-state index is 0.207. The fourth-order valence-electron chi connectivity index (χ4n) is 1.56. The van der Waals surface area contributed by atoms with Crippen LogP contribution in [0.25, 0.3) is 0 Å². The van der Waals surface area contributed by atoms with E-state index in [0.29, 0.717) is 25.6 Å². The minimum Gasteiger partial charge on any atom is -0.481 e. The molecule has 0 saturated carbocycles. The lowest BCUT2D eigenvalue weighted by Crippen LogP contribution is -2.38. The molecule has 0 rings (SSSR count). The molecule has 0 spiro atoms. The van der Waals surface area contributed by atoms with Gasteiger partial charge in [0.05, 0.1) is 19.1 Å². The summed E-state index contributed by atoms with van der Waals surface area (Å²) in [4.78, 5) is 12.5. The molecule has 0 aromatic carbocycles. The normalized spacial score (nSPS) is 13.4. The molecule has 0 aromatic heterocycles. The van der Waals surface area contributed by atoms with Crippen LogP contribution >= 0.6 is 0 Å². The Balaban J connectivity index is 4.02. The zero-order valence-electron chi connectivity index (χ0n) is 10.3. The second kappa shape index (κ2) is 8.50. The lowest BCUT2D eigenvalue weighted by atomic mass is 10.2. The van der Waals surface area contributed by atoms with E-state index in [1.807, 2.05) is 4.90 Å². The van der Waals surface area contributed by atoms with E-state index in [0.717, 1.165) is 6.54 Å². The zero-order valence-corrected chi connectivity index (χ0v) is 10.3. The Morgan fingerprint density at radius 1 is 1.38 bits per heavy atom. The largest absolute Gasteiger partial charge is 0.481 e. The Morgan fingerprint density at radius 3 is 2.44 bits per heavy atom. The molecule has 1 atom stereocenters. The third-order valence-electron chi connectivity index (χ3n) is 2.11. The van der Waals surface area contributed by atoms with E-state index in [-0.39, 0.29) is 6.42 Å². The fourth-order valence-corrected chi connectivity index (χ4v) is 1.56. The zero-order chi connectivity index (χ0) is 12.6. The Morgan fingerprint density at radius 2 is 2.00 bits per heavy atom. The van der Waals surface area contributed by atoms with Gasteiger partial charge in [0, 0.05) is 26.7 Å². The lowest BCUT2D eigenvalue weighted by Gasteiger charge is -2.25. The molecular weight excluding hydrogens is 210 g/mol. The van der Waals surface area contributed by atoms with Crippen molar-refractivity contribution < 1.29 is 19.7 Å². The lowest BCUT2D eigenvalue weighted by molar-refractivity contribution is -0.139. The number of nitrogens with zero attached hydrogens (tertiary/aromatic N) is 1. The Hall–Kier alpha value is -0.650. The number of aliphatic carboxylic acids is 1. The molecule has 0 radical (unpaired) electrons. The molecule has 0 aromatic rings. The van der Waals surface area contributed by atoms with E-state index >= 15 is 0 Å². The van der Waals surface area contributed by atoms with E-state index in [1.54, 1.807) is 7.11 Å². The number of methoxy groups -OCH3 is 1. The first-order valence-corrected chi connectivity index (χ1v) is 5.56. The molecule has 96 valence electrons. The number of carbonyl (C=O) groups is 1. The number of ether oxygens (including phenoxy) is 1. The topological polar surface area (TPSA) is 70.0 Å². The van der Waals surface area contributed by atoms with Crippen LogP contribution in [0.3, 0.4) is 0 Å². The van der Waals surface area contributed by atoms with Gasteiger partial charge in [-0.3, -0.25) is 9.69 Å². The highest BCUT2D eigenvalue weighted by Crippen LogP contribution is 2.02. The van der Waals surface area contributed by atoms with Crippen molar-refractivity contribution in [3.63, 3.8) is 0 Å². The Bertz CT molecular complexity index is 196. The van der Waals surface area contributed by atoms with Gasteiger partial charge in [-0.15, -0.1) is 0 Å². The average Bonchev–Trinajstić information content (AvgIpc) is 2.11. The van der Waals surface area contributed by atoms with E-state index < -0.39 is 12.1 Å². The molecule has 5 heteroatoms. The SMILES string of the molecule is COCCN(CC(C)C)CC(O)CC(=O)O. The van der Waals surface area contributed by atoms with Gasteiger partial charge >= 0.3 is 5.97 Å². The summed E-state index contributed by atoms with van der Waals surface area (Å²) in [5.41, 5.74) is 0. The number of hydrogen-bond acceptors (Lipinski definition) is 4. The molecule has 0 aliphatic heterocycles. The maximum atomic E-state index is 10.4. The second-order valence-electron chi connectivity index (χ2n) is 4.40. The summed E-state index contributed by atoms with van der Waals surface area (Å²) in [6, 6.07) is 0. The van der Waals surface area contributed by atoms with Gasteiger partial charge in [-0.25, -0.2) is 0 Å². The van der Waals surface area contributed by atoms with Crippen LogP contribution in [0.1, 0.15) is 20.3 Å². The molecule has 16 heavy (non-hydrogen) atoms. The molecular formula is C11H23NO4. The van der Waals surface area contributed by atoms with E-state index in [2.05, 4.69) is 13.8 Å². The first-order valence-electron chi connectivity index (χ1n) is 5.56. The maximum Gasteiger partial charge on any atom is 0.306 e. The van der Waals surface area contributed by atoms with Crippen LogP contribution in [0.4, 0.5) is 0 Å². The van der Waals surface area contributed by atoms with Crippen molar-refractivity contribution in [2.75, 3.05) is 33.4 Å². The summed E-state index contributed by atoms with van der Waals surface area (Å²) in [5, 5.41) is 18.1. The molecule has 0 amide bonds. The third kappa shape index (κ3) is 8.64. The van der Waals surface area contributed by atoms with E-state index in [1.165, 1.54) is 0 Å². The third-order valence-corrected chi connectivity index (χ3v) is 2.11. The Labute approximate surface area is 97.0 Å². The monoisotopic (exact) mass is 233 g/mol. The molecule has 1 unspecified atom stereocenters. The van der Waals surface area contributed by atoms with Crippen LogP contribution in [0, 0.1) is 5.92 Å². The highest BCUT2D eigenvalue weighted by molar-refractivity contribution is 5.67. The molecule has 5 nitrogen and oxygen atoms in total. The van der Waals surface area contributed by atoms with Crippen molar-refractivity contribution in [1.82, 2.24) is 4.90 Å². The van der Waals surface area contributed by atoms with Crippen LogP contribution in [-0.2, 0) is 9.53 Å². The number of aliphatic hydroxyl groups excluding tert-OH is 1. The predicted octanol–water partition coefficient (Wildman–Crippen LogP) is 0.426. The fraction of sp³-hybridized carbons (Fsp3) is 0.909. The number of rotatable bonds is 9. The van der Waals surface area contributed by atoms with Gasteiger partial charge in [0.25, 0.3) is 0 Å². The highest BCUT2D eigenvalue weighted by atomic mass is 16.5. The highest BCUT2D eigenvalue weighted by Gasteiger charge is 2.15. The van der Waals surface area contributed by atoms with Gasteiger partial charge in [0.15, 0.2) is 0 Å². The van der Waals surface area contributed by atoms with Gasteiger partial charge < -0.3 is 14.9 Å². The molecule has 0 aliphatic rings. The standard InChI is InChI=1S/C11H23NO4/c1-9(2)7-12(4-5-16-3)8-10(13)6-11(14)15/h9-10,13H,4-8H2,1-3H3,(H,14,15). The summed E-state index contributed by atoms with van der Waals surface area (Å²) < 4.78 is 4.98. The number of hydrogen-bond donors (Lipinski definition) is 2. The Kier molecular flexibility index (Phi) is 8.15. The number of aliphatic hydroxyl groups is 1. The molecule has 0 fully saturated rings. The predicted molar refractivity (Wildman–Crippen MR) is 61.4 cm³/mol. The van der Waals surface area contributed by atoms with Crippen LogP contribution in [-0.4, -0.2) is 60.5 Å². The van der Waals surface area contributed by atoms with Gasteiger partial charge in [-0.05, 0) is 5.92 Å². The summed E-state index contributed by atoms with van der Waals surface area (Å²) in [6.45, 7) is 6.69. The van der Waals surface area contributed by atoms with Gasteiger partial charge in [0.1, 0.15) is 0 Å². The molecule has 0 heterocycles. The first kappa shape index (κ1) is 15.3. The maximum absolute atomic E-state index is 10.4. The van der Waals surface area contributed by atoms with Crippen molar-refractivity contribution in [3.8, 4) is 0 Å². The summed E-state index contributed by atoms with van der Waals surface area (Å²) in [7, 11) is 1.63. The minimum atomic E-state index is -0.969. The van der Waals surface area contributed by atoms with Crippen LogP contribution < -0.4 is 0 Å². The van der Waals surface area contributed by atoms with Gasteiger partial charge in [-0.1, -0.05) is 13.8 Å². The van der Waals surface area contributed by atoms with Crippen molar-refractivity contribution in [2.24, 2.45) is 5.92 Å². The molecule has 0 aliphatic carbocycles. The van der Waals surface area contributed by atoms with E-state index in [9.17, 15) is 9.90 Å². The van der Waals surface area contributed by atoms with Crippen LogP contribution in [0.15, 0.2) is 0 Å². The van der Waals surface area contributed by atoms with Crippen LogP contribution in [0.5, 0.6) is 0 Å².